The van der Waals surface area contributed by atoms with Crippen LogP contribution >= 0.6 is 0 Å². The Hall–Kier alpha value is -0.0800. The van der Waals surface area contributed by atoms with Gasteiger partial charge in [0.15, 0.2) is 0 Å². The molecule has 0 aromatic heterocycles. The van der Waals surface area contributed by atoms with Gasteiger partial charge in [0.1, 0.15) is 0 Å². The lowest BCUT2D eigenvalue weighted by Gasteiger charge is -2.44. The summed E-state index contributed by atoms with van der Waals surface area (Å²) in [7, 11) is 0. The number of rotatable bonds is 6. The van der Waals surface area contributed by atoms with Gasteiger partial charge in [-0.15, -0.1) is 0 Å². The maximum Gasteiger partial charge on any atom is 0.0331 e. The van der Waals surface area contributed by atoms with Crippen LogP contribution in [0.3, 0.4) is 0 Å². The van der Waals surface area contributed by atoms with Crippen molar-refractivity contribution >= 4 is 0 Å². The van der Waals surface area contributed by atoms with E-state index in [0.29, 0.717) is 5.54 Å². The van der Waals surface area contributed by atoms with Crippen LogP contribution in [-0.4, -0.2) is 30.1 Å². The molecule has 2 heteroatoms. The third-order valence-electron chi connectivity index (χ3n) is 4.78. The molecule has 2 N–H and O–H groups in total. The minimum atomic E-state index is 0.381. The van der Waals surface area contributed by atoms with E-state index in [1.54, 1.807) is 0 Å². The van der Waals surface area contributed by atoms with Crippen molar-refractivity contribution < 1.29 is 0 Å². The van der Waals surface area contributed by atoms with Gasteiger partial charge in [-0.25, -0.2) is 0 Å². The van der Waals surface area contributed by atoms with Crippen LogP contribution in [0.15, 0.2) is 0 Å². The van der Waals surface area contributed by atoms with Crippen LogP contribution in [-0.2, 0) is 0 Å². The maximum atomic E-state index is 6.09. The average Bonchev–Trinajstić information content (AvgIpc) is 2.71. The topological polar surface area (TPSA) is 29.3 Å². The van der Waals surface area contributed by atoms with Gasteiger partial charge in [0.05, 0.1) is 0 Å². The predicted octanol–water partition coefficient (Wildman–Crippen LogP) is 2.77. The van der Waals surface area contributed by atoms with Crippen molar-refractivity contribution in [2.45, 2.75) is 63.8 Å². The Bertz CT molecular complexity index is 205. The second-order valence-electron chi connectivity index (χ2n) is 5.88. The lowest BCUT2D eigenvalue weighted by Crippen LogP contribution is -2.54. The van der Waals surface area contributed by atoms with Gasteiger partial charge in [0.2, 0.25) is 0 Å². The summed E-state index contributed by atoms with van der Waals surface area (Å²) in [6.45, 7) is 5.76. The molecule has 0 amide bonds. The van der Waals surface area contributed by atoms with E-state index in [4.69, 9.17) is 5.73 Å². The molecule has 0 unspecified atom stereocenters. The average molecular weight is 224 g/mol. The summed E-state index contributed by atoms with van der Waals surface area (Å²) in [4.78, 5) is 2.75. The van der Waals surface area contributed by atoms with Gasteiger partial charge in [-0.2, -0.15) is 0 Å². The molecule has 0 heterocycles. The molecule has 2 saturated carbocycles. The van der Waals surface area contributed by atoms with E-state index >= 15 is 0 Å². The Morgan fingerprint density at radius 3 is 2.31 bits per heavy atom. The molecule has 0 spiro atoms. The van der Waals surface area contributed by atoms with E-state index < -0.39 is 0 Å². The summed E-state index contributed by atoms with van der Waals surface area (Å²) < 4.78 is 0. The second-order valence-corrected chi connectivity index (χ2v) is 5.88. The summed E-state index contributed by atoms with van der Waals surface area (Å²) in [6.07, 6.45) is 11.1. The first kappa shape index (κ1) is 12.4. The first-order valence-corrected chi connectivity index (χ1v) is 7.26. The zero-order valence-electron chi connectivity index (χ0n) is 10.9. The van der Waals surface area contributed by atoms with Crippen molar-refractivity contribution in [3.8, 4) is 0 Å². The molecule has 0 saturated heterocycles. The monoisotopic (exact) mass is 224 g/mol. The zero-order valence-corrected chi connectivity index (χ0v) is 10.9. The molecule has 0 radical (unpaired) electrons. The lowest BCUT2D eigenvalue weighted by molar-refractivity contribution is 0.0621. The molecular weight excluding hydrogens is 196 g/mol. The molecule has 0 bridgehead atoms. The molecular formula is C14H28N2. The Morgan fingerprint density at radius 1 is 1.19 bits per heavy atom. The fraction of sp³-hybridized carbons (Fsp3) is 1.00. The number of nitrogens with two attached hydrogens (primary N) is 1. The Kier molecular flexibility index (Phi) is 4.26. The normalized spacial score (nSPS) is 24.9. The molecule has 0 atom stereocenters. The third-order valence-corrected chi connectivity index (χ3v) is 4.78. The van der Waals surface area contributed by atoms with Crippen LogP contribution in [0.4, 0.5) is 0 Å². The molecule has 2 rings (SSSR count). The zero-order chi connectivity index (χ0) is 11.4. The van der Waals surface area contributed by atoms with Gasteiger partial charge < -0.3 is 5.73 Å². The Morgan fingerprint density at radius 2 is 1.88 bits per heavy atom. The fourth-order valence-corrected chi connectivity index (χ4v) is 3.46. The van der Waals surface area contributed by atoms with E-state index in [9.17, 15) is 0 Å². The first-order chi connectivity index (χ1) is 7.80. The second kappa shape index (κ2) is 5.50. The molecule has 2 aliphatic rings. The highest BCUT2D eigenvalue weighted by Crippen LogP contribution is 2.37. The summed E-state index contributed by atoms with van der Waals surface area (Å²) >= 11 is 0. The van der Waals surface area contributed by atoms with E-state index in [0.717, 1.165) is 12.5 Å². The number of hydrogen-bond acceptors (Lipinski definition) is 2. The van der Waals surface area contributed by atoms with E-state index in [1.165, 1.54) is 64.5 Å². The van der Waals surface area contributed by atoms with Gasteiger partial charge >= 0.3 is 0 Å². The van der Waals surface area contributed by atoms with Crippen LogP contribution in [0, 0.1) is 5.92 Å². The van der Waals surface area contributed by atoms with E-state index in [-0.39, 0.29) is 0 Å². The Balaban J connectivity index is 1.97. The minimum absolute atomic E-state index is 0.381. The van der Waals surface area contributed by atoms with Crippen molar-refractivity contribution in [1.29, 1.82) is 0 Å². The highest BCUT2D eigenvalue weighted by molar-refractivity contribution is 4.96. The number of hydrogen-bond donors (Lipinski definition) is 1. The van der Waals surface area contributed by atoms with Gasteiger partial charge in [0, 0.05) is 18.6 Å². The molecule has 0 aliphatic heterocycles. The standard InChI is InChI=1S/C14H28N2/c1-2-10-16(11-13-6-5-7-13)14(12-15)8-3-4-9-14/h13H,2-12,15H2,1H3. The molecule has 0 aromatic carbocycles. The van der Waals surface area contributed by atoms with E-state index in [2.05, 4.69) is 11.8 Å². The highest BCUT2D eigenvalue weighted by atomic mass is 15.2. The molecule has 2 aliphatic carbocycles. The van der Waals surface area contributed by atoms with Crippen LogP contribution in [0.1, 0.15) is 58.3 Å². The summed E-state index contributed by atoms with van der Waals surface area (Å²) in [5, 5.41) is 0. The smallest absolute Gasteiger partial charge is 0.0331 e. The van der Waals surface area contributed by atoms with Crippen molar-refractivity contribution in [3.63, 3.8) is 0 Å². The predicted molar refractivity (Wildman–Crippen MR) is 69.5 cm³/mol. The maximum absolute atomic E-state index is 6.09. The van der Waals surface area contributed by atoms with Crippen molar-refractivity contribution in [3.05, 3.63) is 0 Å². The van der Waals surface area contributed by atoms with Crippen LogP contribution in [0.2, 0.25) is 0 Å². The number of nitrogens with zero attached hydrogens (tertiary/aromatic N) is 1. The molecule has 2 nitrogen and oxygen atoms in total. The summed E-state index contributed by atoms with van der Waals surface area (Å²) in [5.41, 5.74) is 6.47. The molecule has 16 heavy (non-hydrogen) atoms. The molecule has 94 valence electrons. The van der Waals surface area contributed by atoms with Crippen molar-refractivity contribution in [1.82, 2.24) is 4.90 Å². The largest absolute Gasteiger partial charge is 0.329 e. The minimum Gasteiger partial charge on any atom is -0.329 e. The SMILES string of the molecule is CCCN(CC1CCC1)C1(CN)CCCC1. The van der Waals surface area contributed by atoms with E-state index in [1.807, 2.05) is 0 Å². The van der Waals surface area contributed by atoms with Crippen LogP contribution < -0.4 is 5.73 Å². The Labute approximate surface area is 101 Å². The van der Waals surface area contributed by atoms with Crippen LogP contribution in [0.5, 0.6) is 0 Å². The van der Waals surface area contributed by atoms with Crippen molar-refractivity contribution in [2.24, 2.45) is 11.7 Å². The lowest BCUT2D eigenvalue weighted by atomic mass is 9.83. The van der Waals surface area contributed by atoms with Gasteiger partial charge in [0.25, 0.3) is 0 Å². The van der Waals surface area contributed by atoms with Crippen LogP contribution in [0.25, 0.3) is 0 Å². The summed E-state index contributed by atoms with van der Waals surface area (Å²) in [6, 6.07) is 0. The van der Waals surface area contributed by atoms with Gasteiger partial charge in [-0.1, -0.05) is 26.2 Å². The quantitative estimate of drug-likeness (QED) is 0.751. The fourth-order valence-electron chi connectivity index (χ4n) is 3.46. The van der Waals surface area contributed by atoms with Gasteiger partial charge in [-0.3, -0.25) is 4.90 Å². The van der Waals surface area contributed by atoms with Gasteiger partial charge in [-0.05, 0) is 44.6 Å². The molecule has 0 aromatic rings. The summed E-state index contributed by atoms with van der Waals surface area (Å²) in [5.74, 6) is 0.982. The van der Waals surface area contributed by atoms with Crippen molar-refractivity contribution in [2.75, 3.05) is 19.6 Å². The first-order valence-electron chi connectivity index (χ1n) is 7.26. The highest BCUT2D eigenvalue weighted by Gasteiger charge is 2.39. The third kappa shape index (κ3) is 2.43. The molecule has 2 fully saturated rings.